The smallest absolute Gasteiger partial charge is 0.230 e. The van der Waals surface area contributed by atoms with E-state index in [1.54, 1.807) is 12.4 Å². The third kappa shape index (κ3) is 4.07. The molecular weight excluding hydrogens is 328 g/mol. The molecular formula is C19H22N6O. The highest BCUT2D eigenvalue weighted by Gasteiger charge is 2.09. The van der Waals surface area contributed by atoms with Crippen LogP contribution in [0.1, 0.15) is 0 Å². The zero-order chi connectivity index (χ0) is 17.6. The quantitative estimate of drug-likeness (QED) is 0.707. The summed E-state index contributed by atoms with van der Waals surface area (Å²) in [6.45, 7) is 5.43. The van der Waals surface area contributed by atoms with Gasteiger partial charge < -0.3 is 15.4 Å². The Morgan fingerprint density at radius 3 is 2.77 bits per heavy atom. The molecule has 26 heavy (non-hydrogen) atoms. The van der Waals surface area contributed by atoms with Gasteiger partial charge in [-0.2, -0.15) is 4.98 Å². The van der Waals surface area contributed by atoms with E-state index in [4.69, 9.17) is 4.74 Å². The second kappa shape index (κ2) is 8.07. The van der Waals surface area contributed by atoms with Gasteiger partial charge in [0.25, 0.3) is 0 Å². The number of ether oxygens (including phenoxy) is 1. The standard InChI is InChI=1S/C19H22N6O/c1-2-4-16-15(3-1)5-7-21-18(16)24-19-22-8-6-17(23-19)20-9-10-25-11-13-26-14-12-25/h1-8H,9-14H2,(H2,20,21,22,23,24). The highest BCUT2D eigenvalue weighted by molar-refractivity contribution is 5.92. The average Bonchev–Trinajstić information content (AvgIpc) is 2.70. The number of aromatic nitrogens is 3. The van der Waals surface area contributed by atoms with E-state index in [9.17, 15) is 0 Å². The zero-order valence-electron chi connectivity index (χ0n) is 14.6. The van der Waals surface area contributed by atoms with Crippen molar-refractivity contribution in [3.63, 3.8) is 0 Å². The first-order valence-corrected chi connectivity index (χ1v) is 8.86. The molecule has 0 aliphatic carbocycles. The number of pyridine rings is 1. The van der Waals surface area contributed by atoms with E-state index in [1.807, 2.05) is 30.3 Å². The summed E-state index contributed by atoms with van der Waals surface area (Å²) in [6, 6.07) is 12.0. The lowest BCUT2D eigenvalue weighted by atomic mass is 10.1. The Labute approximate surface area is 152 Å². The van der Waals surface area contributed by atoms with E-state index in [1.165, 1.54) is 0 Å². The van der Waals surface area contributed by atoms with E-state index in [0.29, 0.717) is 5.95 Å². The number of fused-ring (bicyclic) bond motifs is 1. The van der Waals surface area contributed by atoms with Crippen molar-refractivity contribution in [3.05, 3.63) is 48.8 Å². The summed E-state index contributed by atoms with van der Waals surface area (Å²) in [7, 11) is 0. The Hall–Kier alpha value is -2.77. The molecule has 7 heteroatoms. The second-order valence-electron chi connectivity index (χ2n) is 6.15. The number of hydrogen-bond donors (Lipinski definition) is 2. The lowest BCUT2D eigenvalue weighted by Crippen LogP contribution is -2.39. The van der Waals surface area contributed by atoms with Crippen LogP contribution in [0.3, 0.4) is 0 Å². The summed E-state index contributed by atoms with van der Waals surface area (Å²) in [5.74, 6) is 2.09. The van der Waals surface area contributed by atoms with Crippen LogP contribution in [0.4, 0.5) is 17.6 Å². The van der Waals surface area contributed by atoms with Crippen LogP contribution in [0.15, 0.2) is 48.8 Å². The molecule has 3 heterocycles. The monoisotopic (exact) mass is 350 g/mol. The molecule has 3 aromatic rings. The van der Waals surface area contributed by atoms with Crippen molar-refractivity contribution in [1.82, 2.24) is 19.9 Å². The van der Waals surface area contributed by atoms with Crippen LogP contribution < -0.4 is 10.6 Å². The van der Waals surface area contributed by atoms with Crippen LogP contribution in [-0.2, 0) is 4.74 Å². The first-order valence-electron chi connectivity index (χ1n) is 8.86. The molecule has 2 N–H and O–H groups in total. The van der Waals surface area contributed by atoms with Gasteiger partial charge in [-0.05, 0) is 17.5 Å². The van der Waals surface area contributed by atoms with E-state index in [-0.39, 0.29) is 0 Å². The number of benzene rings is 1. The van der Waals surface area contributed by atoms with E-state index < -0.39 is 0 Å². The first kappa shape index (κ1) is 16.7. The lowest BCUT2D eigenvalue weighted by Gasteiger charge is -2.26. The predicted octanol–water partition coefficient (Wildman–Crippen LogP) is 2.51. The minimum Gasteiger partial charge on any atom is -0.379 e. The fraction of sp³-hybridized carbons (Fsp3) is 0.316. The van der Waals surface area contributed by atoms with Crippen LogP contribution in [0.5, 0.6) is 0 Å². The van der Waals surface area contributed by atoms with Gasteiger partial charge in [0.2, 0.25) is 5.95 Å². The lowest BCUT2D eigenvalue weighted by molar-refractivity contribution is 0.0398. The number of hydrogen-bond acceptors (Lipinski definition) is 7. The van der Waals surface area contributed by atoms with Gasteiger partial charge in [-0.1, -0.05) is 24.3 Å². The van der Waals surface area contributed by atoms with Crippen LogP contribution in [0, 0.1) is 0 Å². The number of rotatable bonds is 6. The minimum atomic E-state index is 0.533. The van der Waals surface area contributed by atoms with Gasteiger partial charge in [-0.3, -0.25) is 4.90 Å². The molecule has 1 aliphatic heterocycles. The molecule has 0 unspecified atom stereocenters. The molecule has 0 bridgehead atoms. The van der Waals surface area contributed by atoms with Crippen molar-refractivity contribution < 1.29 is 4.74 Å². The Kier molecular flexibility index (Phi) is 5.18. The Balaban J connectivity index is 1.40. The van der Waals surface area contributed by atoms with Gasteiger partial charge in [-0.15, -0.1) is 0 Å². The maximum atomic E-state index is 5.37. The molecule has 0 atom stereocenters. The van der Waals surface area contributed by atoms with Crippen molar-refractivity contribution in [2.45, 2.75) is 0 Å². The fourth-order valence-electron chi connectivity index (χ4n) is 3.01. The largest absolute Gasteiger partial charge is 0.379 e. The maximum Gasteiger partial charge on any atom is 0.230 e. The van der Waals surface area contributed by atoms with E-state index >= 15 is 0 Å². The predicted molar refractivity (Wildman–Crippen MR) is 103 cm³/mol. The van der Waals surface area contributed by atoms with Gasteiger partial charge in [0.1, 0.15) is 11.6 Å². The third-order valence-corrected chi connectivity index (χ3v) is 4.40. The molecule has 1 saturated heterocycles. The van der Waals surface area contributed by atoms with Crippen LogP contribution in [-0.4, -0.2) is 59.2 Å². The van der Waals surface area contributed by atoms with Gasteiger partial charge in [0.05, 0.1) is 13.2 Å². The van der Waals surface area contributed by atoms with E-state index in [2.05, 4.69) is 36.6 Å². The minimum absolute atomic E-state index is 0.533. The Morgan fingerprint density at radius 2 is 1.85 bits per heavy atom. The summed E-state index contributed by atoms with van der Waals surface area (Å²) in [6.07, 6.45) is 3.53. The molecule has 0 amide bonds. The fourth-order valence-corrected chi connectivity index (χ4v) is 3.01. The molecule has 0 radical (unpaired) electrons. The summed E-state index contributed by atoms with van der Waals surface area (Å²) in [5, 5.41) is 8.76. The summed E-state index contributed by atoms with van der Waals surface area (Å²) >= 11 is 0. The van der Waals surface area contributed by atoms with Crippen LogP contribution in [0.25, 0.3) is 10.8 Å². The normalized spacial score (nSPS) is 15.1. The topological polar surface area (TPSA) is 75.2 Å². The van der Waals surface area contributed by atoms with Crippen molar-refractivity contribution in [3.8, 4) is 0 Å². The Bertz CT molecular complexity index is 860. The number of nitrogens with zero attached hydrogens (tertiary/aromatic N) is 4. The summed E-state index contributed by atoms with van der Waals surface area (Å²) < 4.78 is 5.37. The van der Waals surface area contributed by atoms with Gasteiger partial charge in [0.15, 0.2) is 0 Å². The van der Waals surface area contributed by atoms with Crippen LogP contribution in [0.2, 0.25) is 0 Å². The molecule has 1 aliphatic rings. The molecule has 0 saturated carbocycles. The maximum absolute atomic E-state index is 5.37. The average molecular weight is 350 g/mol. The van der Waals surface area contributed by atoms with Crippen molar-refractivity contribution in [2.24, 2.45) is 0 Å². The van der Waals surface area contributed by atoms with Crippen molar-refractivity contribution >= 4 is 28.4 Å². The van der Waals surface area contributed by atoms with Gasteiger partial charge in [-0.25, -0.2) is 9.97 Å². The number of nitrogens with one attached hydrogen (secondary N) is 2. The van der Waals surface area contributed by atoms with Crippen molar-refractivity contribution in [1.29, 1.82) is 0 Å². The second-order valence-corrected chi connectivity index (χ2v) is 6.15. The van der Waals surface area contributed by atoms with Crippen molar-refractivity contribution in [2.75, 3.05) is 50.0 Å². The third-order valence-electron chi connectivity index (χ3n) is 4.40. The highest BCUT2D eigenvalue weighted by atomic mass is 16.5. The van der Waals surface area contributed by atoms with Gasteiger partial charge in [0, 0.05) is 44.0 Å². The molecule has 134 valence electrons. The SMILES string of the molecule is c1ccc2c(Nc3nccc(NCCN4CCOCC4)n3)nccc2c1. The molecule has 2 aromatic heterocycles. The molecule has 4 rings (SSSR count). The molecule has 0 spiro atoms. The molecule has 1 fully saturated rings. The summed E-state index contributed by atoms with van der Waals surface area (Å²) in [5.41, 5.74) is 0. The molecule has 7 nitrogen and oxygen atoms in total. The first-order chi connectivity index (χ1) is 12.9. The van der Waals surface area contributed by atoms with Gasteiger partial charge >= 0.3 is 0 Å². The van der Waals surface area contributed by atoms with E-state index in [0.717, 1.165) is 61.8 Å². The van der Waals surface area contributed by atoms with Crippen LogP contribution >= 0.6 is 0 Å². The number of morpholine rings is 1. The Morgan fingerprint density at radius 1 is 1.00 bits per heavy atom. The highest BCUT2D eigenvalue weighted by Crippen LogP contribution is 2.22. The molecule has 1 aromatic carbocycles. The summed E-state index contributed by atoms with van der Waals surface area (Å²) in [4.78, 5) is 15.7. The number of anilines is 3. The zero-order valence-corrected chi connectivity index (χ0v) is 14.6.